The topological polar surface area (TPSA) is 98.3 Å². The molecule has 0 unspecified atom stereocenters. The van der Waals surface area contributed by atoms with Gasteiger partial charge in [-0.2, -0.15) is 0 Å². The summed E-state index contributed by atoms with van der Waals surface area (Å²) < 4.78 is 13.2. The normalized spacial score (nSPS) is 10.7. The van der Waals surface area contributed by atoms with E-state index in [1.807, 2.05) is 0 Å². The molecular formula is C14H20FN3O3. The van der Waals surface area contributed by atoms with E-state index in [9.17, 15) is 19.3 Å². The summed E-state index contributed by atoms with van der Waals surface area (Å²) in [6.45, 7) is 4.65. The molecule has 1 rings (SSSR count). The first-order valence-corrected chi connectivity index (χ1v) is 6.84. The lowest BCUT2D eigenvalue weighted by Crippen LogP contribution is -2.25. The molecule has 6 nitrogen and oxygen atoms in total. The Hall–Kier alpha value is -2.18. The van der Waals surface area contributed by atoms with Gasteiger partial charge in [-0.1, -0.05) is 26.7 Å². The van der Waals surface area contributed by atoms with E-state index in [1.54, 1.807) is 0 Å². The maximum absolute atomic E-state index is 13.2. The number of nitrogen functional groups attached to an aromatic ring is 1. The van der Waals surface area contributed by atoms with E-state index in [4.69, 9.17) is 5.73 Å². The first-order chi connectivity index (χ1) is 9.82. The molecule has 0 saturated carbocycles. The van der Waals surface area contributed by atoms with Crippen molar-refractivity contribution in [3.8, 4) is 0 Å². The van der Waals surface area contributed by atoms with Gasteiger partial charge in [-0.05, 0) is 18.4 Å². The summed E-state index contributed by atoms with van der Waals surface area (Å²) in [5.74, 6) is -0.924. The van der Waals surface area contributed by atoms with Crippen LogP contribution in [0.1, 0.15) is 43.5 Å². The number of hydrogen-bond donors (Lipinski definition) is 2. The Kier molecular flexibility index (Phi) is 6.08. The molecule has 0 aromatic heterocycles. The molecule has 0 aliphatic rings. The van der Waals surface area contributed by atoms with Gasteiger partial charge in [0, 0.05) is 6.54 Å². The van der Waals surface area contributed by atoms with Gasteiger partial charge in [0.05, 0.1) is 16.7 Å². The van der Waals surface area contributed by atoms with Crippen LogP contribution in [0, 0.1) is 21.8 Å². The summed E-state index contributed by atoms with van der Waals surface area (Å²) in [4.78, 5) is 22.0. The summed E-state index contributed by atoms with van der Waals surface area (Å²) in [5, 5.41) is 13.5. The molecule has 0 saturated heterocycles. The highest BCUT2D eigenvalue weighted by Crippen LogP contribution is 2.24. The number of nitro benzene ring substituents is 1. The predicted octanol–water partition coefficient (Wildman–Crippen LogP) is 2.87. The van der Waals surface area contributed by atoms with Crippen LogP contribution in [-0.4, -0.2) is 17.4 Å². The second kappa shape index (κ2) is 7.56. The van der Waals surface area contributed by atoms with Crippen molar-refractivity contribution in [2.24, 2.45) is 5.92 Å². The van der Waals surface area contributed by atoms with E-state index in [1.165, 1.54) is 0 Å². The second-order valence-corrected chi connectivity index (χ2v) is 5.29. The molecule has 0 fully saturated rings. The van der Waals surface area contributed by atoms with Crippen molar-refractivity contribution in [2.75, 3.05) is 12.3 Å². The number of carbonyl (C=O) groups is 1. The maximum atomic E-state index is 13.2. The Labute approximate surface area is 122 Å². The number of nitrogens with zero attached hydrogens (tertiary/aromatic N) is 1. The molecule has 0 aliphatic carbocycles. The lowest BCUT2D eigenvalue weighted by Gasteiger charge is -2.08. The molecule has 116 valence electrons. The second-order valence-electron chi connectivity index (χ2n) is 5.29. The molecule has 0 aliphatic heterocycles. The fourth-order valence-corrected chi connectivity index (χ4v) is 1.89. The molecule has 3 N–H and O–H groups in total. The molecule has 21 heavy (non-hydrogen) atoms. The molecule has 7 heteroatoms. The number of halogens is 1. The highest BCUT2D eigenvalue weighted by molar-refractivity contribution is 5.99. The zero-order valence-electron chi connectivity index (χ0n) is 12.2. The lowest BCUT2D eigenvalue weighted by atomic mass is 10.1. The van der Waals surface area contributed by atoms with Crippen LogP contribution in [0.25, 0.3) is 0 Å². The van der Waals surface area contributed by atoms with Gasteiger partial charge in [-0.25, -0.2) is 4.39 Å². The minimum absolute atomic E-state index is 0.220. The molecular weight excluding hydrogens is 277 g/mol. The molecule has 0 heterocycles. The third-order valence-electron chi connectivity index (χ3n) is 3.05. The van der Waals surface area contributed by atoms with Crippen LogP contribution < -0.4 is 11.1 Å². The van der Waals surface area contributed by atoms with Crippen molar-refractivity contribution in [1.29, 1.82) is 0 Å². The van der Waals surface area contributed by atoms with Crippen LogP contribution in [0.5, 0.6) is 0 Å². The Morgan fingerprint density at radius 1 is 1.43 bits per heavy atom. The van der Waals surface area contributed by atoms with Crippen LogP contribution >= 0.6 is 0 Å². The average Bonchev–Trinajstić information content (AvgIpc) is 2.40. The van der Waals surface area contributed by atoms with Crippen molar-refractivity contribution in [3.63, 3.8) is 0 Å². The van der Waals surface area contributed by atoms with E-state index in [0.717, 1.165) is 25.3 Å². The minimum atomic E-state index is -0.907. The minimum Gasteiger partial charge on any atom is -0.396 e. The van der Waals surface area contributed by atoms with Gasteiger partial charge in [0.15, 0.2) is 5.82 Å². The van der Waals surface area contributed by atoms with Crippen molar-refractivity contribution in [2.45, 2.75) is 33.1 Å². The van der Waals surface area contributed by atoms with Crippen molar-refractivity contribution in [3.05, 3.63) is 33.6 Å². The third kappa shape index (κ3) is 5.02. The van der Waals surface area contributed by atoms with E-state index >= 15 is 0 Å². The van der Waals surface area contributed by atoms with Gasteiger partial charge < -0.3 is 11.1 Å². The Bertz CT molecular complexity index is 532. The van der Waals surface area contributed by atoms with Crippen LogP contribution in [0.4, 0.5) is 15.8 Å². The van der Waals surface area contributed by atoms with E-state index in [0.29, 0.717) is 18.5 Å². The molecule has 0 atom stereocenters. The zero-order chi connectivity index (χ0) is 16.0. The number of nitrogens with two attached hydrogens (primary N) is 1. The number of benzene rings is 1. The van der Waals surface area contributed by atoms with E-state index in [-0.39, 0.29) is 11.3 Å². The monoisotopic (exact) mass is 297 g/mol. The van der Waals surface area contributed by atoms with Crippen molar-refractivity contribution in [1.82, 2.24) is 5.32 Å². The fraction of sp³-hybridized carbons (Fsp3) is 0.500. The smallest absolute Gasteiger partial charge is 0.285 e. The van der Waals surface area contributed by atoms with Crippen LogP contribution in [0.2, 0.25) is 0 Å². The maximum Gasteiger partial charge on any atom is 0.285 e. The molecule has 1 aromatic rings. The first-order valence-electron chi connectivity index (χ1n) is 6.84. The highest BCUT2D eigenvalue weighted by Gasteiger charge is 2.22. The third-order valence-corrected chi connectivity index (χ3v) is 3.05. The zero-order valence-corrected chi connectivity index (χ0v) is 12.2. The van der Waals surface area contributed by atoms with Gasteiger partial charge in [0.25, 0.3) is 11.6 Å². The SMILES string of the molecule is CC(C)CCCCNC(=O)c1cc(N)c(F)cc1[N+](=O)[O-]. The van der Waals surface area contributed by atoms with Crippen molar-refractivity contribution < 1.29 is 14.1 Å². The van der Waals surface area contributed by atoms with Gasteiger partial charge in [0.1, 0.15) is 5.56 Å². The predicted molar refractivity (Wildman–Crippen MR) is 78.5 cm³/mol. The number of hydrogen-bond acceptors (Lipinski definition) is 4. The van der Waals surface area contributed by atoms with Gasteiger partial charge in [0.2, 0.25) is 0 Å². The summed E-state index contributed by atoms with van der Waals surface area (Å²) in [7, 11) is 0. The van der Waals surface area contributed by atoms with Gasteiger partial charge in [-0.15, -0.1) is 0 Å². The van der Waals surface area contributed by atoms with Crippen LogP contribution in [-0.2, 0) is 0 Å². The average molecular weight is 297 g/mol. The number of carbonyl (C=O) groups excluding carboxylic acids is 1. The van der Waals surface area contributed by atoms with Gasteiger partial charge in [-0.3, -0.25) is 14.9 Å². The summed E-state index contributed by atoms with van der Waals surface area (Å²) in [5.41, 5.74) is 4.27. The quantitative estimate of drug-likeness (QED) is 0.350. The summed E-state index contributed by atoms with van der Waals surface area (Å²) >= 11 is 0. The first kappa shape index (κ1) is 16.9. The van der Waals surface area contributed by atoms with E-state index in [2.05, 4.69) is 19.2 Å². The highest BCUT2D eigenvalue weighted by atomic mass is 19.1. The molecule has 0 radical (unpaired) electrons. The summed E-state index contributed by atoms with van der Waals surface area (Å²) in [6, 6.07) is 1.67. The number of anilines is 1. The van der Waals surface area contributed by atoms with Gasteiger partial charge >= 0.3 is 0 Å². The number of unbranched alkanes of at least 4 members (excludes halogenated alkanes) is 1. The Morgan fingerprint density at radius 2 is 2.10 bits per heavy atom. The largest absolute Gasteiger partial charge is 0.396 e. The molecule has 1 aromatic carbocycles. The number of rotatable bonds is 7. The number of nitro groups is 1. The lowest BCUT2D eigenvalue weighted by molar-refractivity contribution is -0.385. The molecule has 0 bridgehead atoms. The molecule has 0 spiro atoms. The number of amides is 1. The fourth-order valence-electron chi connectivity index (χ4n) is 1.89. The van der Waals surface area contributed by atoms with Crippen LogP contribution in [0.15, 0.2) is 12.1 Å². The van der Waals surface area contributed by atoms with E-state index < -0.39 is 22.3 Å². The van der Waals surface area contributed by atoms with Crippen molar-refractivity contribution >= 4 is 17.3 Å². The molecule has 1 amide bonds. The van der Waals surface area contributed by atoms with Crippen LogP contribution in [0.3, 0.4) is 0 Å². The Balaban J connectivity index is 2.69. The summed E-state index contributed by atoms with van der Waals surface area (Å²) in [6.07, 6.45) is 2.81. The Morgan fingerprint density at radius 3 is 2.67 bits per heavy atom. The number of nitrogens with one attached hydrogen (secondary N) is 1. The standard InChI is InChI=1S/C14H20FN3O3/c1-9(2)5-3-4-6-17-14(19)10-7-12(16)11(15)8-13(10)18(20)21/h7-9H,3-6,16H2,1-2H3,(H,17,19).